The van der Waals surface area contributed by atoms with Gasteiger partial charge in [-0.05, 0) is 28.1 Å². The molecule has 0 aliphatic carbocycles. The molecule has 0 radical (unpaired) electrons. The van der Waals surface area contributed by atoms with E-state index in [1.54, 1.807) is 12.1 Å². The standard InChI is InChI=1S/C14H15BrN2O2/c1-14(2,3)11-8-12(17-19-11)16-13(18)9-6-4-5-7-10(9)15/h4-8H,1-3H3,(H,16,17,18). The van der Waals surface area contributed by atoms with Crippen LogP contribution in [-0.4, -0.2) is 11.1 Å². The number of carbonyl (C=O) groups excluding carboxylic acids is 1. The Bertz CT molecular complexity index is 599. The minimum atomic E-state index is -0.221. The number of hydrogen-bond donors (Lipinski definition) is 1. The summed E-state index contributed by atoms with van der Waals surface area (Å²) in [5, 5.41) is 6.57. The van der Waals surface area contributed by atoms with Crippen LogP contribution in [0.3, 0.4) is 0 Å². The van der Waals surface area contributed by atoms with Gasteiger partial charge in [-0.1, -0.05) is 38.1 Å². The summed E-state index contributed by atoms with van der Waals surface area (Å²) >= 11 is 3.34. The quantitative estimate of drug-likeness (QED) is 0.909. The minimum Gasteiger partial charge on any atom is -0.359 e. The van der Waals surface area contributed by atoms with Crippen molar-refractivity contribution in [3.63, 3.8) is 0 Å². The lowest BCUT2D eigenvalue weighted by Crippen LogP contribution is -2.13. The van der Waals surface area contributed by atoms with E-state index in [4.69, 9.17) is 4.52 Å². The first-order chi connectivity index (χ1) is 8.88. The highest BCUT2D eigenvalue weighted by Crippen LogP contribution is 2.25. The van der Waals surface area contributed by atoms with Crippen LogP contribution < -0.4 is 5.32 Å². The van der Waals surface area contributed by atoms with Crippen LogP contribution in [0, 0.1) is 0 Å². The van der Waals surface area contributed by atoms with Crippen LogP contribution in [0.2, 0.25) is 0 Å². The Labute approximate surface area is 120 Å². The van der Waals surface area contributed by atoms with E-state index in [1.807, 2.05) is 39.0 Å². The van der Waals surface area contributed by atoms with Crippen molar-refractivity contribution in [2.75, 3.05) is 5.32 Å². The zero-order valence-electron chi connectivity index (χ0n) is 11.0. The maximum absolute atomic E-state index is 12.1. The van der Waals surface area contributed by atoms with E-state index >= 15 is 0 Å². The molecular formula is C14H15BrN2O2. The molecule has 0 fully saturated rings. The molecule has 0 unspecified atom stereocenters. The van der Waals surface area contributed by atoms with Crippen LogP contribution in [0.5, 0.6) is 0 Å². The SMILES string of the molecule is CC(C)(C)c1cc(NC(=O)c2ccccc2Br)no1. The molecule has 19 heavy (non-hydrogen) atoms. The summed E-state index contributed by atoms with van der Waals surface area (Å²) in [4.78, 5) is 12.1. The second kappa shape index (κ2) is 5.17. The van der Waals surface area contributed by atoms with Crippen molar-refractivity contribution >= 4 is 27.7 Å². The van der Waals surface area contributed by atoms with Gasteiger partial charge in [0.1, 0.15) is 5.76 Å². The topological polar surface area (TPSA) is 55.1 Å². The van der Waals surface area contributed by atoms with Crippen molar-refractivity contribution in [1.29, 1.82) is 0 Å². The van der Waals surface area contributed by atoms with Crippen LogP contribution >= 0.6 is 15.9 Å². The average Bonchev–Trinajstić information content (AvgIpc) is 2.77. The van der Waals surface area contributed by atoms with Gasteiger partial charge in [0, 0.05) is 16.0 Å². The van der Waals surface area contributed by atoms with Crippen LogP contribution in [-0.2, 0) is 5.41 Å². The van der Waals surface area contributed by atoms with E-state index in [2.05, 4.69) is 26.4 Å². The van der Waals surface area contributed by atoms with Gasteiger partial charge in [0.2, 0.25) is 0 Å². The Morgan fingerprint density at radius 2 is 2.00 bits per heavy atom. The van der Waals surface area contributed by atoms with Crippen molar-refractivity contribution in [1.82, 2.24) is 5.16 Å². The lowest BCUT2D eigenvalue weighted by atomic mass is 9.93. The summed E-state index contributed by atoms with van der Waals surface area (Å²) in [5.41, 5.74) is 0.423. The molecule has 0 aliphatic heterocycles. The van der Waals surface area contributed by atoms with Gasteiger partial charge in [-0.15, -0.1) is 0 Å². The summed E-state index contributed by atoms with van der Waals surface area (Å²) in [6.07, 6.45) is 0. The lowest BCUT2D eigenvalue weighted by Gasteiger charge is -2.12. The van der Waals surface area contributed by atoms with Gasteiger partial charge in [0.05, 0.1) is 5.56 Å². The molecule has 1 aromatic heterocycles. The van der Waals surface area contributed by atoms with E-state index in [-0.39, 0.29) is 11.3 Å². The van der Waals surface area contributed by atoms with Gasteiger partial charge >= 0.3 is 0 Å². The van der Waals surface area contributed by atoms with Crippen molar-refractivity contribution in [2.45, 2.75) is 26.2 Å². The molecule has 0 atom stereocenters. The molecule has 2 rings (SSSR count). The molecular weight excluding hydrogens is 308 g/mol. The second-order valence-electron chi connectivity index (χ2n) is 5.26. The molecule has 2 aromatic rings. The molecule has 5 heteroatoms. The summed E-state index contributed by atoms with van der Waals surface area (Å²) in [7, 11) is 0. The van der Waals surface area contributed by atoms with E-state index in [0.29, 0.717) is 11.4 Å². The fourth-order valence-corrected chi connectivity index (χ4v) is 1.98. The zero-order valence-corrected chi connectivity index (χ0v) is 12.6. The van der Waals surface area contributed by atoms with E-state index in [9.17, 15) is 4.79 Å². The maximum atomic E-state index is 12.1. The number of hydrogen-bond acceptors (Lipinski definition) is 3. The van der Waals surface area contributed by atoms with Crippen LogP contribution in [0.15, 0.2) is 39.3 Å². The number of nitrogens with one attached hydrogen (secondary N) is 1. The Balaban J connectivity index is 2.16. The summed E-state index contributed by atoms with van der Waals surface area (Å²) < 4.78 is 5.96. The number of nitrogens with zero attached hydrogens (tertiary/aromatic N) is 1. The third-order valence-electron chi connectivity index (χ3n) is 2.61. The predicted molar refractivity (Wildman–Crippen MR) is 77.3 cm³/mol. The molecule has 0 spiro atoms. The molecule has 1 N–H and O–H groups in total. The number of amides is 1. The Morgan fingerprint density at radius 1 is 1.32 bits per heavy atom. The molecule has 1 heterocycles. The smallest absolute Gasteiger partial charge is 0.258 e. The summed E-state index contributed by atoms with van der Waals surface area (Å²) in [6.45, 7) is 6.06. The molecule has 1 aromatic carbocycles. The van der Waals surface area contributed by atoms with Crippen molar-refractivity contribution in [3.8, 4) is 0 Å². The van der Waals surface area contributed by atoms with Crippen molar-refractivity contribution in [3.05, 3.63) is 46.1 Å². The third kappa shape index (κ3) is 3.23. The van der Waals surface area contributed by atoms with Crippen LogP contribution in [0.25, 0.3) is 0 Å². The van der Waals surface area contributed by atoms with Crippen LogP contribution in [0.4, 0.5) is 5.82 Å². The molecule has 0 bridgehead atoms. The van der Waals surface area contributed by atoms with Gasteiger partial charge < -0.3 is 9.84 Å². The number of aromatic nitrogens is 1. The van der Waals surface area contributed by atoms with E-state index < -0.39 is 0 Å². The Hall–Kier alpha value is -1.62. The predicted octanol–water partition coefficient (Wildman–Crippen LogP) is 3.99. The molecule has 0 aliphatic rings. The van der Waals surface area contributed by atoms with Gasteiger partial charge in [-0.2, -0.15) is 0 Å². The molecule has 100 valence electrons. The van der Waals surface area contributed by atoms with Gasteiger partial charge in [-0.25, -0.2) is 0 Å². The van der Waals surface area contributed by atoms with Crippen molar-refractivity contribution < 1.29 is 9.32 Å². The number of carbonyl (C=O) groups is 1. The number of halogens is 1. The number of benzene rings is 1. The summed E-state index contributed by atoms with van der Waals surface area (Å²) in [6, 6.07) is 8.97. The highest BCUT2D eigenvalue weighted by Gasteiger charge is 2.20. The first-order valence-electron chi connectivity index (χ1n) is 5.91. The first-order valence-corrected chi connectivity index (χ1v) is 6.70. The maximum Gasteiger partial charge on any atom is 0.258 e. The lowest BCUT2D eigenvalue weighted by molar-refractivity contribution is 0.102. The number of rotatable bonds is 2. The highest BCUT2D eigenvalue weighted by molar-refractivity contribution is 9.10. The minimum absolute atomic E-state index is 0.136. The Kier molecular flexibility index (Phi) is 3.75. The average molecular weight is 323 g/mol. The molecule has 0 saturated carbocycles. The second-order valence-corrected chi connectivity index (χ2v) is 6.11. The largest absolute Gasteiger partial charge is 0.359 e. The van der Waals surface area contributed by atoms with Gasteiger partial charge in [0.15, 0.2) is 5.82 Å². The fourth-order valence-electron chi connectivity index (χ4n) is 1.52. The van der Waals surface area contributed by atoms with E-state index in [0.717, 1.165) is 10.2 Å². The first kappa shape index (κ1) is 13.8. The van der Waals surface area contributed by atoms with Crippen LogP contribution in [0.1, 0.15) is 36.9 Å². The highest BCUT2D eigenvalue weighted by atomic mass is 79.9. The molecule has 1 amide bonds. The fraction of sp³-hybridized carbons (Fsp3) is 0.286. The van der Waals surface area contributed by atoms with Gasteiger partial charge in [-0.3, -0.25) is 4.79 Å². The zero-order chi connectivity index (χ0) is 14.0. The van der Waals surface area contributed by atoms with Crippen molar-refractivity contribution in [2.24, 2.45) is 0 Å². The summed E-state index contributed by atoms with van der Waals surface area (Å²) in [5.74, 6) is 0.932. The molecule has 4 nitrogen and oxygen atoms in total. The van der Waals surface area contributed by atoms with E-state index in [1.165, 1.54) is 0 Å². The molecule has 0 saturated heterocycles. The monoisotopic (exact) mass is 322 g/mol. The Morgan fingerprint density at radius 3 is 2.58 bits per heavy atom. The van der Waals surface area contributed by atoms with Gasteiger partial charge in [0.25, 0.3) is 5.91 Å². The normalized spacial score (nSPS) is 11.4. The number of anilines is 1. The third-order valence-corrected chi connectivity index (χ3v) is 3.30.